The molecule has 2 N–H and O–H groups in total. The largest absolute Gasteiger partial charge is 0.466 e. The minimum Gasteiger partial charge on any atom is -0.466 e. The fourth-order valence-corrected chi connectivity index (χ4v) is 2.55. The minimum atomic E-state index is -0.678. The summed E-state index contributed by atoms with van der Waals surface area (Å²) >= 11 is 0. The topological polar surface area (TPSA) is 67.4 Å². The zero-order valence-corrected chi connectivity index (χ0v) is 13.1. The Morgan fingerprint density at radius 3 is 2.57 bits per heavy atom. The molecule has 1 fully saturated rings. The Hall–Kier alpha value is -2.37. The summed E-state index contributed by atoms with van der Waals surface area (Å²) in [6.07, 6.45) is 6.17. The molecule has 1 saturated carbocycles. The maximum atomic E-state index is 13.8. The van der Waals surface area contributed by atoms with Gasteiger partial charge in [-0.1, -0.05) is 31.4 Å². The van der Waals surface area contributed by atoms with Gasteiger partial charge in [-0.05, 0) is 25.0 Å². The van der Waals surface area contributed by atoms with Crippen molar-refractivity contribution in [3.8, 4) is 0 Å². The van der Waals surface area contributed by atoms with Crippen LogP contribution in [0.2, 0.25) is 0 Å². The molecule has 1 amide bonds. The lowest BCUT2D eigenvalue weighted by Gasteiger charge is -2.23. The van der Waals surface area contributed by atoms with Gasteiger partial charge in [0.05, 0.1) is 18.9 Å². The molecule has 0 bridgehead atoms. The number of hydrogen-bond donors (Lipinski definition) is 2. The first kappa shape index (κ1) is 17.0. The first-order valence-corrected chi connectivity index (χ1v) is 7.72. The lowest BCUT2D eigenvalue weighted by molar-refractivity contribution is -0.135. The molecule has 1 aliphatic rings. The third kappa shape index (κ3) is 5.09. The van der Waals surface area contributed by atoms with Crippen LogP contribution in [0.1, 0.15) is 32.1 Å². The average Bonchev–Trinajstić information content (AvgIpc) is 2.56. The first-order chi connectivity index (χ1) is 11.1. The van der Waals surface area contributed by atoms with E-state index >= 15 is 0 Å². The van der Waals surface area contributed by atoms with Crippen LogP contribution in [0.4, 0.5) is 10.1 Å². The number of anilines is 1. The molecule has 1 aromatic rings. The molecule has 2 rings (SSSR count). The summed E-state index contributed by atoms with van der Waals surface area (Å²) in [5.41, 5.74) is 0.0916. The van der Waals surface area contributed by atoms with Gasteiger partial charge in [-0.25, -0.2) is 9.18 Å². The summed E-state index contributed by atoms with van der Waals surface area (Å²) in [6, 6.07) is 6.04. The lowest BCUT2D eigenvalue weighted by atomic mass is 9.95. The monoisotopic (exact) mass is 320 g/mol. The zero-order chi connectivity index (χ0) is 16.7. The second kappa shape index (κ2) is 8.31. The molecule has 1 aromatic carbocycles. The smallest absolute Gasteiger partial charge is 0.332 e. The Morgan fingerprint density at radius 2 is 1.91 bits per heavy atom. The summed E-state index contributed by atoms with van der Waals surface area (Å²) in [4.78, 5) is 23.9. The second-order valence-electron chi connectivity index (χ2n) is 5.49. The number of hydrogen-bond acceptors (Lipinski definition) is 4. The minimum absolute atomic E-state index is 0.0347. The van der Waals surface area contributed by atoms with E-state index in [-0.39, 0.29) is 17.4 Å². The molecule has 0 radical (unpaired) electrons. The van der Waals surface area contributed by atoms with Gasteiger partial charge >= 0.3 is 5.97 Å². The zero-order valence-electron chi connectivity index (χ0n) is 13.1. The van der Waals surface area contributed by atoms with Crippen molar-refractivity contribution >= 4 is 17.6 Å². The molecule has 1 aliphatic carbocycles. The Balaban J connectivity index is 2.13. The van der Waals surface area contributed by atoms with Crippen LogP contribution in [0.5, 0.6) is 0 Å². The molecule has 0 aromatic heterocycles. The molecule has 23 heavy (non-hydrogen) atoms. The standard InChI is InChI=1S/C17H21FN2O3/c1-23-16(21)11-15(20-14-10-6-5-9-13(14)18)17(22)19-12-7-3-2-4-8-12/h5-6,9-12,20H,2-4,7-8H2,1H3,(H,19,22)/b15-11-. The maximum absolute atomic E-state index is 13.8. The first-order valence-electron chi connectivity index (χ1n) is 7.72. The van der Waals surface area contributed by atoms with E-state index in [2.05, 4.69) is 15.4 Å². The van der Waals surface area contributed by atoms with Crippen LogP contribution < -0.4 is 10.6 Å². The van der Waals surface area contributed by atoms with E-state index in [1.165, 1.54) is 25.7 Å². The number of benzene rings is 1. The highest BCUT2D eigenvalue weighted by atomic mass is 19.1. The average molecular weight is 320 g/mol. The number of methoxy groups -OCH3 is 1. The molecule has 0 unspecified atom stereocenters. The van der Waals surface area contributed by atoms with Crippen molar-refractivity contribution in [3.63, 3.8) is 0 Å². The van der Waals surface area contributed by atoms with Crippen molar-refractivity contribution in [3.05, 3.63) is 41.9 Å². The summed E-state index contributed by atoms with van der Waals surface area (Å²) in [6.45, 7) is 0. The number of carbonyl (C=O) groups is 2. The van der Waals surface area contributed by atoms with Crippen LogP contribution in [-0.2, 0) is 14.3 Å². The van der Waals surface area contributed by atoms with Gasteiger partial charge < -0.3 is 15.4 Å². The van der Waals surface area contributed by atoms with Crippen molar-refractivity contribution in [2.45, 2.75) is 38.1 Å². The third-order valence-corrected chi connectivity index (χ3v) is 3.79. The van der Waals surface area contributed by atoms with Gasteiger partial charge in [0.25, 0.3) is 5.91 Å². The molecule has 124 valence electrons. The number of amides is 1. The predicted molar refractivity (Wildman–Crippen MR) is 85.1 cm³/mol. The van der Waals surface area contributed by atoms with Crippen LogP contribution in [-0.4, -0.2) is 25.0 Å². The molecule has 0 heterocycles. The van der Waals surface area contributed by atoms with Gasteiger partial charge in [0.1, 0.15) is 11.5 Å². The van der Waals surface area contributed by atoms with Crippen LogP contribution in [0.3, 0.4) is 0 Å². The molecule has 0 atom stereocenters. The summed E-state index contributed by atoms with van der Waals surface area (Å²) in [5, 5.41) is 5.56. The highest BCUT2D eigenvalue weighted by Gasteiger charge is 2.19. The quantitative estimate of drug-likeness (QED) is 0.647. The van der Waals surface area contributed by atoms with E-state index in [1.807, 2.05) is 0 Å². The number of ether oxygens (including phenoxy) is 1. The van der Waals surface area contributed by atoms with Gasteiger partial charge in [-0.2, -0.15) is 0 Å². The van der Waals surface area contributed by atoms with Gasteiger partial charge in [0, 0.05) is 6.04 Å². The van der Waals surface area contributed by atoms with E-state index < -0.39 is 17.7 Å². The summed E-state index contributed by atoms with van der Waals surface area (Å²) in [5.74, 6) is -1.62. The van der Waals surface area contributed by atoms with Gasteiger partial charge in [-0.3, -0.25) is 4.79 Å². The van der Waals surface area contributed by atoms with Gasteiger partial charge in [0.15, 0.2) is 0 Å². The normalized spacial score (nSPS) is 15.8. The lowest BCUT2D eigenvalue weighted by Crippen LogP contribution is -2.38. The SMILES string of the molecule is COC(=O)/C=C(\Nc1ccccc1F)C(=O)NC1CCCCC1. The molecular weight excluding hydrogens is 299 g/mol. The highest BCUT2D eigenvalue weighted by molar-refractivity contribution is 6.01. The van der Waals surface area contributed by atoms with Gasteiger partial charge in [-0.15, -0.1) is 0 Å². The molecular formula is C17H21FN2O3. The van der Waals surface area contributed by atoms with Crippen LogP contribution in [0, 0.1) is 5.82 Å². The van der Waals surface area contributed by atoms with Crippen molar-refractivity contribution in [1.29, 1.82) is 0 Å². The Bertz CT molecular complexity index is 595. The van der Waals surface area contributed by atoms with Crippen molar-refractivity contribution < 1.29 is 18.7 Å². The maximum Gasteiger partial charge on any atom is 0.332 e. The van der Waals surface area contributed by atoms with E-state index in [4.69, 9.17) is 0 Å². The van der Waals surface area contributed by atoms with Crippen molar-refractivity contribution in [1.82, 2.24) is 5.32 Å². The van der Waals surface area contributed by atoms with E-state index in [0.717, 1.165) is 31.8 Å². The molecule has 5 nitrogen and oxygen atoms in total. The highest BCUT2D eigenvalue weighted by Crippen LogP contribution is 2.19. The van der Waals surface area contributed by atoms with Crippen LogP contribution in [0.15, 0.2) is 36.0 Å². The van der Waals surface area contributed by atoms with Crippen molar-refractivity contribution in [2.24, 2.45) is 0 Å². The number of rotatable bonds is 5. The van der Waals surface area contributed by atoms with E-state index in [0.29, 0.717) is 0 Å². The Labute approximate surface area is 134 Å². The molecule has 0 spiro atoms. The second-order valence-corrected chi connectivity index (χ2v) is 5.49. The molecule has 0 aliphatic heterocycles. The van der Waals surface area contributed by atoms with E-state index in [1.54, 1.807) is 12.1 Å². The Kier molecular flexibility index (Phi) is 6.14. The number of halogens is 1. The van der Waals surface area contributed by atoms with Gasteiger partial charge in [0.2, 0.25) is 0 Å². The Morgan fingerprint density at radius 1 is 1.22 bits per heavy atom. The van der Waals surface area contributed by atoms with Crippen LogP contribution in [0.25, 0.3) is 0 Å². The number of esters is 1. The fourth-order valence-electron chi connectivity index (χ4n) is 2.55. The number of para-hydroxylation sites is 1. The summed E-state index contributed by atoms with van der Waals surface area (Å²) < 4.78 is 18.3. The number of carbonyl (C=O) groups excluding carboxylic acids is 2. The predicted octanol–water partition coefficient (Wildman–Crippen LogP) is 2.74. The molecule has 6 heteroatoms. The third-order valence-electron chi connectivity index (χ3n) is 3.79. The van der Waals surface area contributed by atoms with Crippen molar-refractivity contribution in [2.75, 3.05) is 12.4 Å². The fraction of sp³-hybridized carbons (Fsp3) is 0.412. The van der Waals surface area contributed by atoms with E-state index in [9.17, 15) is 14.0 Å². The number of nitrogens with one attached hydrogen (secondary N) is 2. The summed E-state index contributed by atoms with van der Waals surface area (Å²) in [7, 11) is 1.22. The van der Waals surface area contributed by atoms with Crippen LogP contribution >= 0.6 is 0 Å². The molecule has 0 saturated heterocycles.